The van der Waals surface area contributed by atoms with Crippen LogP contribution in [0.4, 0.5) is 4.79 Å². The van der Waals surface area contributed by atoms with Gasteiger partial charge in [0, 0.05) is 26.0 Å². The van der Waals surface area contributed by atoms with Gasteiger partial charge in [0.05, 0.1) is 6.04 Å². The van der Waals surface area contributed by atoms with Crippen molar-refractivity contribution in [2.45, 2.75) is 45.3 Å². The summed E-state index contributed by atoms with van der Waals surface area (Å²) in [7, 11) is 1.95. The Bertz CT molecular complexity index is 434. The number of aromatic nitrogens is 2. The number of hydrogen-bond donors (Lipinski definition) is 0. The van der Waals surface area contributed by atoms with Crippen LogP contribution in [0.15, 0.2) is 12.4 Å². The van der Waals surface area contributed by atoms with Crippen molar-refractivity contribution >= 4 is 6.09 Å². The number of amides is 1. The lowest BCUT2D eigenvalue weighted by Crippen LogP contribution is -2.37. The molecule has 0 N–H and O–H groups in total. The topological polar surface area (TPSA) is 47.4 Å². The van der Waals surface area contributed by atoms with Gasteiger partial charge in [-0.15, -0.1) is 0 Å². The van der Waals surface area contributed by atoms with Gasteiger partial charge in [0.15, 0.2) is 0 Å². The number of carbonyl (C=O) groups is 1. The minimum Gasteiger partial charge on any atom is -0.444 e. The molecule has 0 radical (unpaired) electrons. The molecule has 5 heteroatoms. The van der Waals surface area contributed by atoms with Crippen molar-refractivity contribution in [3.05, 3.63) is 18.2 Å². The molecule has 5 nitrogen and oxygen atoms in total. The molecule has 0 aromatic carbocycles. The van der Waals surface area contributed by atoms with Gasteiger partial charge in [-0.3, -0.25) is 4.90 Å². The molecular formula is C13H21N3O2. The molecule has 0 bridgehead atoms. The molecule has 2 rings (SSSR count). The molecule has 1 aliphatic rings. The van der Waals surface area contributed by atoms with E-state index >= 15 is 0 Å². The zero-order valence-corrected chi connectivity index (χ0v) is 11.5. The molecule has 0 saturated carbocycles. The average molecular weight is 251 g/mol. The molecule has 1 fully saturated rings. The molecule has 1 unspecified atom stereocenters. The number of imidazole rings is 1. The Hall–Kier alpha value is -1.52. The van der Waals surface area contributed by atoms with E-state index in [1.807, 2.05) is 38.6 Å². The van der Waals surface area contributed by atoms with Gasteiger partial charge in [0.2, 0.25) is 0 Å². The Balaban J connectivity index is 2.13. The zero-order valence-electron chi connectivity index (χ0n) is 11.5. The highest BCUT2D eigenvalue weighted by molar-refractivity contribution is 5.69. The molecule has 100 valence electrons. The lowest BCUT2D eigenvalue weighted by molar-refractivity contribution is 0.0216. The van der Waals surface area contributed by atoms with Crippen molar-refractivity contribution in [2.24, 2.45) is 7.05 Å². The van der Waals surface area contributed by atoms with Crippen LogP contribution < -0.4 is 0 Å². The summed E-state index contributed by atoms with van der Waals surface area (Å²) < 4.78 is 7.41. The molecule has 2 heterocycles. The van der Waals surface area contributed by atoms with E-state index in [4.69, 9.17) is 4.74 Å². The van der Waals surface area contributed by atoms with E-state index in [-0.39, 0.29) is 12.1 Å². The number of likely N-dealkylation sites (tertiary alicyclic amines) is 1. The van der Waals surface area contributed by atoms with Gasteiger partial charge in [-0.1, -0.05) is 0 Å². The Labute approximate surface area is 108 Å². The number of carbonyl (C=O) groups excluding carboxylic acids is 1. The normalized spacial score (nSPS) is 20.2. The van der Waals surface area contributed by atoms with Crippen molar-refractivity contribution in [1.82, 2.24) is 14.5 Å². The summed E-state index contributed by atoms with van der Waals surface area (Å²) in [6.45, 7) is 6.40. The third-order valence-corrected chi connectivity index (χ3v) is 3.04. The van der Waals surface area contributed by atoms with E-state index in [0.717, 1.165) is 25.2 Å². The van der Waals surface area contributed by atoms with E-state index in [1.165, 1.54) is 0 Å². The van der Waals surface area contributed by atoms with Crippen LogP contribution in [0.5, 0.6) is 0 Å². The molecule has 0 spiro atoms. The van der Waals surface area contributed by atoms with Crippen molar-refractivity contribution in [3.8, 4) is 0 Å². The highest BCUT2D eigenvalue weighted by atomic mass is 16.6. The third-order valence-electron chi connectivity index (χ3n) is 3.04. The second-order valence-corrected chi connectivity index (χ2v) is 5.73. The maximum absolute atomic E-state index is 12.1. The molecule has 1 saturated heterocycles. The fraction of sp³-hybridized carbons (Fsp3) is 0.692. The minimum absolute atomic E-state index is 0.0415. The quantitative estimate of drug-likeness (QED) is 0.770. The van der Waals surface area contributed by atoms with Gasteiger partial charge in [-0.05, 0) is 33.6 Å². The lowest BCUT2D eigenvalue weighted by atomic mass is 10.2. The molecule has 18 heavy (non-hydrogen) atoms. The van der Waals surface area contributed by atoms with E-state index < -0.39 is 5.60 Å². The van der Waals surface area contributed by atoms with Crippen LogP contribution in [0.25, 0.3) is 0 Å². The summed E-state index contributed by atoms with van der Waals surface area (Å²) in [6.07, 6.45) is 5.37. The summed E-state index contributed by atoms with van der Waals surface area (Å²) in [5.74, 6) is 0.929. The highest BCUT2D eigenvalue weighted by Gasteiger charge is 2.34. The highest BCUT2D eigenvalue weighted by Crippen LogP contribution is 2.31. The first-order valence-electron chi connectivity index (χ1n) is 6.35. The molecular weight excluding hydrogens is 230 g/mol. The number of hydrogen-bond acceptors (Lipinski definition) is 3. The van der Waals surface area contributed by atoms with E-state index in [0.29, 0.717) is 0 Å². The van der Waals surface area contributed by atoms with Gasteiger partial charge < -0.3 is 9.30 Å². The molecule has 1 amide bonds. The SMILES string of the molecule is Cn1ccnc1C1CCCN1C(=O)OC(C)(C)C. The number of aryl methyl sites for hydroxylation is 1. The summed E-state index contributed by atoms with van der Waals surface area (Å²) >= 11 is 0. The Morgan fingerprint density at radius 1 is 1.50 bits per heavy atom. The molecule has 1 aromatic heterocycles. The van der Waals surface area contributed by atoms with Crippen LogP contribution >= 0.6 is 0 Å². The lowest BCUT2D eigenvalue weighted by Gasteiger charge is -2.28. The van der Waals surface area contributed by atoms with E-state index in [1.54, 1.807) is 11.1 Å². The van der Waals surface area contributed by atoms with Gasteiger partial charge >= 0.3 is 6.09 Å². The third kappa shape index (κ3) is 2.66. The van der Waals surface area contributed by atoms with Crippen molar-refractivity contribution < 1.29 is 9.53 Å². The zero-order chi connectivity index (χ0) is 13.3. The second-order valence-electron chi connectivity index (χ2n) is 5.73. The first-order valence-corrected chi connectivity index (χ1v) is 6.35. The Kier molecular flexibility index (Phi) is 3.32. The number of nitrogens with zero attached hydrogens (tertiary/aromatic N) is 3. The predicted molar refractivity (Wildman–Crippen MR) is 68.1 cm³/mol. The molecule has 1 aliphatic heterocycles. The monoisotopic (exact) mass is 251 g/mol. The maximum atomic E-state index is 12.1. The largest absolute Gasteiger partial charge is 0.444 e. The number of ether oxygens (including phenoxy) is 1. The van der Waals surface area contributed by atoms with Gasteiger partial charge in [0.1, 0.15) is 11.4 Å². The molecule has 0 aliphatic carbocycles. The average Bonchev–Trinajstić information content (AvgIpc) is 2.82. The van der Waals surface area contributed by atoms with Gasteiger partial charge in [-0.25, -0.2) is 9.78 Å². The fourth-order valence-electron chi connectivity index (χ4n) is 2.27. The first kappa shape index (κ1) is 12.9. The second kappa shape index (κ2) is 4.63. The predicted octanol–water partition coefficient (Wildman–Crippen LogP) is 2.49. The number of rotatable bonds is 1. The van der Waals surface area contributed by atoms with E-state index in [2.05, 4.69) is 4.98 Å². The van der Waals surface area contributed by atoms with Crippen LogP contribution in [-0.2, 0) is 11.8 Å². The maximum Gasteiger partial charge on any atom is 0.410 e. The van der Waals surface area contributed by atoms with Gasteiger partial charge in [-0.2, -0.15) is 0 Å². The van der Waals surface area contributed by atoms with Crippen LogP contribution in [0.2, 0.25) is 0 Å². The fourth-order valence-corrected chi connectivity index (χ4v) is 2.27. The van der Waals surface area contributed by atoms with Gasteiger partial charge in [0.25, 0.3) is 0 Å². The van der Waals surface area contributed by atoms with Crippen molar-refractivity contribution in [3.63, 3.8) is 0 Å². The standard InChI is InChI=1S/C13H21N3O2/c1-13(2,3)18-12(17)16-8-5-6-10(16)11-14-7-9-15(11)4/h7,9-10H,5-6,8H2,1-4H3. The summed E-state index contributed by atoms with van der Waals surface area (Å²) in [6, 6.07) is 0.0415. The van der Waals surface area contributed by atoms with Crippen LogP contribution in [-0.4, -0.2) is 32.7 Å². The molecule has 1 atom stereocenters. The summed E-state index contributed by atoms with van der Waals surface area (Å²) in [4.78, 5) is 18.3. The minimum atomic E-state index is -0.453. The van der Waals surface area contributed by atoms with Crippen LogP contribution in [0.1, 0.15) is 45.5 Å². The van der Waals surface area contributed by atoms with E-state index in [9.17, 15) is 4.79 Å². The Morgan fingerprint density at radius 3 is 2.78 bits per heavy atom. The summed E-state index contributed by atoms with van der Waals surface area (Å²) in [5.41, 5.74) is -0.453. The smallest absolute Gasteiger partial charge is 0.410 e. The van der Waals surface area contributed by atoms with Crippen LogP contribution in [0.3, 0.4) is 0 Å². The van der Waals surface area contributed by atoms with Crippen molar-refractivity contribution in [1.29, 1.82) is 0 Å². The molecule has 1 aromatic rings. The van der Waals surface area contributed by atoms with Crippen LogP contribution in [0, 0.1) is 0 Å². The van der Waals surface area contributed by atoms with Crippen molar-refractivity contribution in [2.75, 3.05) is 6.54 Å². The summed E-state index contributed by atoms with van der Waals surface area (Å²) in [5, 5.41) is 0. The Morgan fingerprint density at radius 2 is 2.22 bits per heavy atom. The first-order chi connectivity index (χ1) is 8.38.